The lowest BCUT2D eigenvalue weighted by Gasteiger charge is -2.17. The third-order valence-corrected chi connectivity index (χ3v) is 5.56. The molecule has 1 aliphatic rings. The van der Waals surface area contributed by atoms with E-state index in [1.54, 1.807) is 0 Å². The van der Waals surface area contributed by atoms with Gasteiger partial charge in [-0.1, -0.05) is 12.1 Å². The van der Waals surface area contributed by atoms with Crippen molar-refractivity contribution in [3.63, 3.8) is 0 Å². The molecule has 2 aromatic carbocycles. The number of hydrogen-bond donors (Lipinski definition) is 1. The molecule has 1 N–H and O–H groups in total. The Labute approximate surface area is 172 Å². The van der Waals surface area contributed by atoms with E-state index in [4.69, 9.17) is 4.74 Å². The van der Waals surface area contributed by atoms with Gasteiger partial charge < -0.3 is 14.6 Å². The minimum Gasteiger partial charge on any atom is -0.494 e. The van der Waals surface area contributed by atoms with Crippen molar-refractivity contribution in [1.82, 2.24) is 9.88 Å². The Morgan fingerprint density at radius 1 is 1.03 bits per heavy atom. The number of benzene rings is 2. The van der Waals surface area contributed by atoms with Crippen LogP contribution in [0.3, 0.4) is 0 Å². The lowest BCUT2D eigenvalue weighted by atomic mass is 9.98. The first-order valence-corrected chi connectivity index (χ1v) is 10.5. The maximum absolute atomic E-state index is 12.5. The summed E-state index contributed by atoms with van der Waals surface area (Å²) >= 11 is 0. The van der Waals surface area contributed by atoms with Gasteiger partial charge in [0.15, 0.2) is 0 Å². The molecule has 0 radical (unpaired) electrons. The molecule has 1 aromatic heterocycles. The number of rotatable bonds is 6. The monoisotopic (exact) mass is 388 g/mol. The van der Waals surface area contributed by atoms with E-state index in [2.05, 4.69) is 22.9 Å². The second-order valence-corrected chi connectivity index (χ2v) is 7.61. The van der Waals surface area contributed by atoms with E-state index in [9.17, 15) is 4.79 Å². The average Bonchev–Trinajstić information content (AvgIpc) is 3.09. The maximum atomic E-state index is 12.5. The van der Waals surface area contributed by atoms with Crippen molar-refractivity contribution < 1.29 is 9.53 Å². The minimum atomic E-state index is -0.0586. The highest BCUT2D eigenvalue weighted by Gasteiger charge is 2.17. The summed E-state index contributed by atoms with van der Waals surface area (Å²) in [7, 11) is 0. The molecule has 1 amide bonds. The Bertz CT molecular complexity index is 985. The number of aryl methyl sites for hydroxylation is 2. The molecule has 0 unspecified atom stereocenters. The van der Waals surface area contributed by atoms with E-state index >= 15 is 0 Å². The summed E-state index contributed by atoms with van der Waals surface area (Å²) < 4.78 is 7.79. The lowest BCUT2D eigenvalue weighted by Crippen LogP contribution is -2.22. The quantitative estimate of drug-likeness (QED) is 0.646. The van der Waals surface area contributed by atoms with Crippen LogP contribution in [0.15, 0.2) is 54.6 Å². The van der Waals surface area contributed by atoms with E-state index in [1.165, 1.54) is 36.2 Å². The van der Waals surface area contributed by atoms with Crippen molar-refractivity contribution in [2.24, 2.45) is 0 Å². The van der Waals surface area contributed by atoms with Crippen LogP contribution >= 0.6 is 0 Å². The van der Waals surface area contributed by atoms with E-state index in [0.717, 1.165) is 23.4 Å². The van der Waals surface area contributed by atoms with Gasteiger partial charge in [0.1, 0.15) is 5.75 Å². The molecule has 0 bridgehead atoms. The third-order valence-electron chi connectivity index (χ3n) is 5.56. The first kappa shape index (κ1) is 19.3. The van der Waals surface area contributed by atoms with Gasteiger partial charge in [0.25, 0.3) is 5.91 Å². The van der Waals surface area contributed by atoms with Crippen LogP contribution in [0.1, 0.15) is 52.6 Å². The number of aromatic nitrogens is 1. The van der Waals surface area contributed by atoms with Crippen molar-refractivity contribution in [2.75, 3.05) is 6.61 Å². The number of carbonyl (C=O) groups is 1. The SMILES string of the molecule is CCOc1ccc(CNC(=O)c2ccc(-n3c(C)cc4c3CCCC4)cc2)cc1. The summed E-state index contributed by atoms with van der Waals surface area (Å²) in [6.45, 7) is 5.27. The van der Waals surface area contributed by atoms with Gasteiger partial charge in [0.05, 0.1) is 6.61 Å². The topological polar surface area (TPSA) is 43.3 Å². The molecule has 0 atom stereocenters. The molecular weight excluding hydrogens is 360 g/mol. The van der Waals surface area contributed by atoms with Gasteiger partial charge in [-0.2, -0.15) is 0 Å². The standard InChI is InChI=1S/C25H28N2O2/c1-3-29-23-14-8-19(9-15-23)17-26-25(28)20-10-12-22(13-11-20)27-18(2)16-21-6-4-5-7-24(21)27/h8-16H,3-7,17H2,1-2H3,(H,26,28). The zero-order chi connectivity index (χ0) is 20.2. The Hall–Kier alpha value is -3.01. The first-order chi connectivity index (χ1) is 14.2. The summed E-state index contributed by atoms with van der Waals surface area (Å²) in [4.78, 5) is 12.5. The van der Waals surface area contributed by atoms with E-state index in [-0.39, 0.29) is 5.91 Å². The normalized spacial score (nSPS) is 13.0. The largest absolute Gasteiger partial charge is 0.494 e. The van der Waals surface area contributed by atoms with Crippen molar-refractivity contribution in [2.45, 2.75) is 46.1 Å². The summed E-state index contributed by atoms with van der Waals surface area (Å²) in [6, 6.07) is 18.1. The van der Waals surface area contributed by atoms with Gasteiger partial charge in [0, 0.05) is 29.2 Å². The summed E-state index contributed by atoms with van der Waals surface area (Å²) in [5, 5.41) is 3.00. The number of nitrogens with zero attached hydrogens (tertiary/aromatic N) is 1. The van der Waals surface area contributed by atoms with Gasteiger partial charge in [-0.25, -0.2) is 0 Å². The number of fused-ring (bicyclic) bond motifs is 1. The van der Waals surface area contributed by atoms with E-state index < -0.39 is 0 Å². The molecule has 0 fully saturated rings. The third kappa shape index (κ3) is 4.21. The van der Waals surface area contributed by atoms with Crippen LogP contribution in [0.4, 0.5) is 0 Å². The number of nitrogens with one attached hydrogen (secondary N) is 1. The molecule has 1 aliphatic carbocycles. The van der Waals surface area contributed by atoms with Crippen LogP contribution in [-0.2, 0) is 19.4 Å². The van der Waals surface area contributed by atoms with Crippen LogP contribution in [0.5, 0.6) is 5.75 Å². The molecule has 0 spiro atoms. The molecule has 4 nitrogen and oxygen atoms in total. The number of ether oxygens (including phenoxy) is 1. The van der Waals surface area contributed by atoms with Gasteiger partial charge >= 0.3 is 0 Å². The van der Waals surface area contributed by atoms with Crippen LogP contribution in [0, 0.1) is 6.92 Å². The predicted molar refractivity (Wildman–Crippen MR) is 116 cm³/mol. The summed E-state index contributed by atoms with van der Waals surface area (Å²) in [5.74, 6) is 0.789. The molecule has 4 heteroatoms. The Morgan fingerprint density at radius 3 is 2.48 bits per heavy atom. The number of carbonyl (C=O) groups excluding carboxylic acids is 1. The van der Waals surface area contributed by atoms with Crippen LogP contribution < -0.4 is 10.1 Å². The molecule has 29 heavy (non-hydrogen) atoms. The number of amides is 1. The molecule has 0 saturated carbocycles. The minimum absolute atomic E-state index is 0.0586. The van der Waals surface area contributed by atoms with Crippen LogP contribution in [0.2, 0.25) is 0 Å². The smallest absolute Gasteiger partial charge is 0.251 e. The fourth-order valence-corrected chi connectivity index (χ4v) is 4.13. The Morgan fingerprint density at radius 2 is 1.76 bits per heavy atom. The lowest BCUT2D eigenvalue weighted by molar-refractivity contribution is 0.0951. The second-order valence-electron chi connectivity index (χ2n) is 7.61. The van der Waals surface area contributed by atoms with Crippen molar-refractivity contribution >= 4 is 5.91 Å². The Balaban J connectivity index is 1.43. The molecule has 150 valence electrons. The van der Waals surface area contributed by atoms with Gasteiger partial charge in [0.2, 0.25) is 0 Å². The van der Waals surface area contributed by atoms with Gasteiger partial charge in [-0.05, 0) is 93.1 Å². The highest BCUT2D eigenvalue weighted by atomic mass is 16.5. The van der Waals surface area contributed by atoms with Crippen molar-refractivity contribution in [3.8, 4) is 11.4 Å². The van der Waals surface area contributed by atoms with Crippen molar-refractivity contribution in [1.29, 1.82) is 0 Å². The fraction of sp³-hybridized carbons (Fsp3) is 0.320. The van der Waals surface area contributed by atoms with E-state index in [1.807, 2.05) is 55.5 Å². The predicted octanol–water partition coefficient (Wildman–Crippen LogP) is 4.99. The van der Waals surface area contributed by atoms with Gasteiger partial charge in [-0.15, -0.1) is 0 Å². The van der Waals surface area contributed by atoms with Crippen molar-refractivity contribution in [3.05, 3.63) is 82.7 Å². The molecule has 3 aromatic rings. The van der Waals surface area contributed by atoms with E-state index in [0.29, 0.717) is 18.7 Å². The zero-order valence-electron chi connectivity index (χ0n) is 17.2. The number of hydrogen-bond acceptors (Lipinski definition) is 2. The van der Waals surface area contributed by atoms with Crippen LogP contribution in [0.25, 0.3) is 5.69 Å². The van der Waals surface area contributed by atoms with Gasteiger partial charge in [-0.3, -0.25) is 4.79 Å². The molecule has 0 saturated heterocycles. The van der Waals surface area contributed by atoms with Crippen LogP contribution in [-0.4, -0.2) is 17.1 Å². The zero-order valence-corrected chi connectivity index (χ0v) is 17.2. The summed E-state index contributed by atoms with van der Waals surface area (Å²) in [5.41, 5.74) is 7.04. The second kappa shape index (κ2) is 8.56. The average molecular weight is 389 g/mol. The highest BCUT2D eigenvalue weighted by Crippen LogP contribution is 2.28. The molecular formula is C25H28N2O2. The molecule has 0 aliphatic heterocycles. The fourth-order valence-electron chi connectivity index (χ4n) is 4.13. The molecule has 4 rings (SSSR count). The highest BCUT2D eigenvalue weighted by molar-refractivity contribution is 5.94. The molecule has 1 heterocycles. The Kier molecular flexibility index (Phi) is 5.70. The maximum Gasteiger partial charge on any atom is 0.251 e. The summed E-state index contributed by atoms with van der Waals surface area (Å²) in [6.07, 6.45) is 4.84. The first-order valence-electron chi connectivity index (χ1n) is 10.5.